The molecule has 1 unspecified atom stereocenters. The molecule has 2 fully saturated rings. The highest BCUT2D eigenvalue weighted by atomic mass is 16.5. The monoisotopic (exact) mass is 479 g/mol. The van der Waals surface area contributed by atoms with Gasteiger partial charge in [-0.05, 0) is 49.6 Å². The number of urea groups is 1. The number of nitrogens with one attached hydrogen (secondary N) is 1. The molecule has 1 N–H and O–H groups in total. The first-order valence-electron chi connectivity index (χ1n) is 12.1. The summed E-state index contributed by atoms with van der Waals surface area (Å²) >= 11 is 0. The summed E-state index contributed by atoms with van der Waals surface area (Å²) in [4.78, 5) is 42.6. The molecule has 8 nitrogen and oxygen atoms in total. The number of nitrogens with zero attached hydrogens (tertiary/aromatic N) is 2. The van der Waals surface area contributed by atoms with Crippen LogP contribution in [0, 0.1) is 0 Å². The second kappa shape index (κ2) is 10.4. The van der Waals surface area contributed by atoms with Gasteiger partial charge in [0.1, 0.15) is 12.1 Å². The van der Waals surface area contributed by atoms with Crippen molar-refractivity contribution < 1.29 is 23.9 Å². The predicted octanol–water partition coefficient (Wildman–Crippen LogP) is 3.92. The van der Waals surface area contributed by atoms with Crippen molar-refractivity contribution in [3.63, 3.8) is 0 Å². The van der Waals surface area contributed by atoms with Crippen LogP contribution in [0.5, 0.6) is 11.5 Å². The molecule has 2 aliphatic rings. The Balaban J connectivity index is 1.52. The van der Waals surface area contributed by atoms with Crippen LogP contribution in [-0.2, 0) is 16.0 Å². The van der Waals surface area contributed by atoms with Crippen LogP contribution in [0.2, 0.25) is 0 Å². The number of hydrogen-bond donors (Lipinski definition) is 1. The average Bonchev–Trinajstić information content (AvgIpc) is 3.08. The summed E-state index contributed by atoms with van der Waals surface area (Å²) in [5, 5.41) is 2.80. The number of benzene rings is 2. The van der Waals surface area contributed by atoms with E-state index in [1.807, 2.05) is 36.4 Å². The zero-order chi connectivity index (χ0) is 25.0. The Hall–Kier alpha value is -3.55. The average molecular weight is 480 g/mol. The molecule has 0 radical (unpaired) electrons. The lowest BCUT2D eigenvalue weighted by Crippen LogP contribution is -2.49. The minimum absolute atomic E-state index is 0.0672. The predicted molar refractivity (Wildman–Crippen MR) is 133 cm³/mol. The fourth-order valence-electron chi connectivity index (χ4n) is 5.11. The van der Waals surface area contributed by atoms with Crippen LogP contribution >= 0.6 is 0 Å². The highest BCUT2D eigenvalue weighted by molar-refractivity contribution is 6.10. The molecule has 0 spiro atoms. The largest absolute Gasteiger partial charge is 0.493 e. The molecule has 8 heteroatoms. The lowest BCUT2D eigenvalue weighted by Gasteiger charge is -2.35. The summed E-state index contributed by atoms with van der Waals surface area (Å²) < 4.78 is 10.6. The van der Waals surface area contributed by atoms with E-state index < -0.39 is 17.5 Å². The van der Waals surface area contributed by atoms with Crippen LogP contribution in [0.25, 0.3) is 0 Å². The SMILES string of the molecule is COc1ccc(CC2(C)NC(=O)N(CC(=O)N(c3ccccc3)C3CCCCC3)C2=O)cc1OC. The number of carbonyl (C=O) groups excluding carboxylic acids is 3. The number of rotatable bonds is 8. The quantitative estimate of drug-likeness (QED) is 0.580. The molecule has 1 aliphatic heterocycles. The molecule has 4 amide bonds. The van der Waals surface area contributed by atoms with Crippen LogP contribution < -0.4 is 19.7 Å². The van der Waals surface area contributed by atoms with E-state index in [0.717, 1.165) is 48.3 Å². The van der Waals surface area contributed by atoms with Crippen LogP contribution in [0.15, 0.2) is 48.5 Å². The Morgan fingerprint density at radius 2 is 1.71 bits per heavy atom. The lowest BCUT2D eigenvalue weighted by atomic mass is 9.92. The van der Waals surface area contributed by atoms with Crippen LogP contribution in [0.3, 0.4) is 0 Å². The van der Waals surface area contributed by atoms with Crippen molar-refractivity contribution in [2.75, 3.05) is 25.7 Å². The molecule has 1 atom stereocenters. The number of methoxy groups -OCH3 is 2. The third-order valence-electron chi connectivity index (χ3n) is 6.89. The molecule has 1 heterocycles. The summed E-state index contributed by atoms with van der Waals surface area (Å²) in [7, 11) is 3.10. The van der Waals surface area contributed by atoms with Gasteiger partial charge in [-0.15, -0.1) is 0 Å². The zero-order valence-electron chi connectivity index (χ0n) is 20.6. The van der Waals surface area contributed by atoms with Gasteiger partial charge in [0.2, 0.25) is 5.91 Å². The summed E-state index contributed by atoms with van der Waals surface area (Å²) in [5.74, 6) is 0.465. The van der Waals surface area contributed by atoms with E-state index in [1.165, 1.54) is 0 Å². The van der Waals surface area contributed by atoms with Gasteiger partial charge in [0.25, 0.3) is 5.91 Å². The van der Waals surface area contributed by atoms with Gasteiger partial charge in [-0.1, -0.05) is 43.5 Å². The van der Waals surface area contributed by atoms with Gasteiger partial charge in [0.15, 0.2) is 11.5 Å². The zero-order valence-corrected chi connectivity index (χ0v) is 20.6. The molecule has 1 saturated carbocycles. The maximum Gasteiger partial charge on any atom is 0.325 e. The van der Waals surface area contributed by atoms with Crippen molar-refractivity contribution in [2.45, 2.75) is 57.0 Å². The smallest absolute Gasteiger partial charge is 0.325 e. The Kier molecular flexibility index (Phi) is 7.28. The first-order valence-corrected chi connectivity index (χ1v) is 12.1. The van der Waals surface area contributed by atoms with E-state index in [2.05, 4.69) is 5.32 Å². The molecule has 35 heavy (non-hydrogen) atoms. The number of anilines is 1. The van der Waals surface area contributed by atoms with Crippen molar-refractivity contribution in [1.82, 2.24) is 10.2 Å². The highest BCUT2D eigenvalue weighted by Gasteiger charge is 2.49. The molecule has 4 rings (SSSR count). The number of para-hydroxylation sites is 1. The fourth-order valence-corrected chi connectivity index (χ4v) is 5.11. The van der Waals surface area contributed by atoms with E-state index in [0.29, 0.717) is 11.5 Å². The Bertz CT molecular complexity index is 1080. The van der Waals surface area contributed by atoms with E-state index in [4.69, 9.17) is 9.47 Å². The molecular formula is C27H33N3O5. The molecule has 1 aliphatic carbocycles. The Labute approximate surface area is 206 Å². The summed E-state index contributed by atoms with van der Waals surface area (Å²) in [5.41, 5.74) is 0.434. The van der Waals surface area contributed by atoms with Crippen molar-refractivity contribution in [2.24, 2.45) is 0 Å². The fraction of sp³-hybridized carbons (Fsp3) is 0.444. The van der Waals surface area contributed by atoms with E-state index in [9.17, 15) is 14.4 Å². The standard InChI is InChI=1S/C27H33N3O5/c1-27(17-19-14-15-22(34-2)23(16-19)35-3)25(32)29(26(33)28-27)18-24(31)30(20-10-6-4-7-11-20)21-12-8-5-9-13-21/h4,6-7,10-11,14-16,21H,5,8-9,12-13,17-18H2,1-3H3,(H,28,33). The van der Waals surface area contributed by atoms with Crippen molar-refractivity contribution in [1.29, 1.82) is 0 Å². The molecular weight excluding hydrogens is 446 g/mol. The summed E-state index contributed by atoms with van der Waals surface area (Å²) in [6, 6.07) is 14.4. The number of amides is 4. The van der Waals surface area contributed by atoms with E-state index in [-0.39, 0.29) is 24.9 Å². The maximum atomic E-state index is 13.5. The number of hydrogen-bond acceptors (Lipinski definition) is 5. The molecule has 2 aromatic carbocycles. The van der Waals surface area contributed by atoms with Crippen LogP contribution in [0.4, 0.5) is 10.5 Å². The highest BCUT2D eigenvalue weighted by Crippen LogP contribution is 2.31. The van der Waals surface area contributed by atoms with Gasteiger partial charge in [0.05, 0.1) is 14.2 Å². The minimum Gasteiger partial charge on any atom is -0.493 e. The van der Waals surface area contributed by atoms with Gasteiger partial charge in [-0.2, -0.15) is 0 Å². The van der Waals surface area contributed by atoms with Gasteiger partial charge in [-0.25, -0.2) is 4.79 Å². The Morgan fingerprint density at radius 1 is 1.03 bits per heavy atom. The molecule has 1 saturated heterocycles. The number of imide groups is 1. The molecule has 2 aromatic rings. The van der Waals surface area contributed by atoms with Crippen molar-refractivity contribution in [3.8, 4) is 11.5 Å². The van der Waals surface area contributed by atoms with Gasteiger partial charge in [0, 0.05) is 18.2 Å². The van der Waals surface area contributed by atoms with Crippen molar-refractivity contribution in [3.05, 3.63) is 54.1 Å². The maximum absolute atomic E-state index is 13.5. The first-order chi connectivity index (χ1) is 16.9. The second-order valence-corrected chi connectivity index (χ2v) is 9.41. The van der Waals surface area contributed by atoms with Crippen LogP contribution in [0.1, 0.15) is 44.6 Å². The van der Waals surface area contributed by atoms with Crippen LogP contribution in [-0.4, -0.2) is 55.1 Å². The Morgan fingerprint density at radius 3 is 2.37 bits per heavy atom. The summed E-state index contributed by atoms with van der Waals surface area (Å²) in [6.07, 6.45) is 5.37. The molecule has 0 aromatic heterocycles. The van der Waals surface area contributed by atoms with Gasteiger partial charge < -0.3 is 19.7 Å². The van der Waals surface area contributed by atoms with Crippen molar-refractivity contribution >= 4 is 23.5 Å². The van der Waals surface area contributed by atoms with E-state index >= 15 is 0 Å². The lowest BCUT2D eigenvalue weighted by molar-refractivity contribution is -0.134. The third kappa shape index (κ3) is 5.11. The topological polar surface area (TPSA) is 88.2 Å². The first kappa shape index (κ1) is 24.6. The molecule has 186 valence electrons. The summed E-state index contributed by atoms with van der Waals surface area (Å²) in [6.45, 7) is 1.39. The number of ether oxygens (including phenoxy) is 2. The third-order valence-corrected chi connectivity index (χ3v) is 6.89. The van der Waals surface area contributed by atoms with E-state index in [1.54, 1.807) is 38.2 Å². The minimum atomic E-state index is -1.17. The van der Waals surface area contributed by atoms with Gasteiger partial charge >= 0.3 is 6.03 Å². The normalized spacial score (nSPS) is 20.5. The van der Waals surface area contributed by atoms with Gasteiger partial charge in [-0.3, -0.25) is 14.5 Å². The molecule has 0 bridgehead atoms. The second-order valence-electron chi connectivity index (χ2n) is 9.41. The number of carbonyl (C=O) groups is 3.